The van der Waals surface area contributed by atoms with Crippen LogP contribution in [0.25, 0.3) is 16.9 Å². The summed E-state index contributed by atoms with van der Waals surface area (Å²) >= 11 is 1.59. The van der Waals surface area contributed by atoms with Gasteiger partial charge in [0.1, 0.15) is 6.33 Å². The molecule has 0 fully saturated rings. The van der Waals surface area contributed by atoms with Gasteiger partial charge in [-0.05, 0) is 11.4 Å². The van der Waals surface area contributed by atoms with E-state index >= 15 is 0 Å². The van der Waals surface area contributed by atoms with Crippen molar-refractivity contribution in [2.24, 2.45) is 0 Å². The second-order valence-electron chi connectivity index (χ2n) is 3.34. The molecule has 86 valence electrons. The molecule has 0 amide bonds. The Morgan fingerprint density at radius 2 is 2.29 bits per heavy atom. The molecule has 7 heteroatoms. The number of hydrogen-bond acceptors (Lipinski definition) is 6. The zero-order valence-corrected chi connectivity index (χ0v) is 9.81. The van der Waals surface area contributed by atoms with Crippen LogP contribution >= 0.6 is 11.3 Å². The fourth-order valence-electron chi connectivity index (χ4n) is 1.68. The quantitative estimate of drug-likeness (QED) is 0.741. The number of ether oxygens (including phenoxy) is 1. The number of methoxy groups -OCH3 is 1. The Balaban J connectivity index is 2.36. The fourth-order valence-corrected chi connectivity index (χ4v) is 2.30. The Morgan fingerprint density at radius 1 is 1.41 bits per heavy atom. The van der Waals surface area contributed by atoms with Crippen molar-refractivity contribution < 1.29 is 4.74 Å². The van der Waals surface area contributed by atoms with E-state index in [9.17, 15) is 0 Å². The molecule has 0 spiro atoms. The molecule has 2 N–H and O–H groups in total. The third-order valence-corrected chi connectivity index (χ3v) is 3.07. The monoisotopic (exact) mass is 247 g/mol. The normalized spacial score (nSPS) is 10.9. The number of imidazole rings is 1. The topological polar surface area (TPSA) is 78.8 Å². The largest absolute Gasteiger partial charge is 0.479 e. The minimum Gasteiger partial charge on any atom is -0.479 e. The van der Waals surface area contributed by atoms with Crippen LogP contribution in [0, 0.1) is 0 Å². The van der Waals surface area contributed by atoms with Gasteiger partial charge >= 0.3 is 0 Å². The van der Waals surface area contributed by atoms with Gasteiger partial charge in [0.25, 0.3) is 0 Å². The van der Waals surface area contributed by atoms with Crippen molar-refractivity contribution in [3.05, 3.63) is 23.2 Å². The van der Waals surface area contributed by atoms with Gasteiger partial charge in [-0.3, -0.25) is 4.57 Å². The summed E-state index contributed by atoms with van der Waals surface area (Å²) < 4.78 is 6.91. The number of fused-ring (bicyclic) bond motifs is 1. The summed E-state index contributed by atoms with van der Waals surface area (Å²) in [7, 11) is 1.54. The first kappa shape index (κ1) is 10.0. The predicted molar refractivity (Wildman–Crippen MR) is 65.5 cm³/mol. The Kier molecular flexibility index (Phi) is 2.19. The van der Waals surface area contributed by atoms with Crippen LogP contribution in [0.5, 0.6) is 5.88 Å². The maximum atomic E-state index is 5.90. The molecule has 0 unspecified atom stereocenters. The summed E-state index contributed by atoms with van der Waals surface area (Å²) in [4.78, 5) is 12.4. The van der Waals surface area contributed by atoms with E-state index in [1.165, 1.54) is 6.33 Å². The molecular weight excluding hydrogens is 238 g/mol. The Labute approximate surface area is 101 Å². The lowest BCUT2D eigenvalue weighted by molar-refractivity contribution is 0.401. The van der Waals surface area contributed by atoms with Crippen molar-refractivity contribution in [3.8, 4) is 11.6 Å². The van der Waals surface area contributed by atoms with Gasteiger partial charge in [-0.15, -0.1) is 0 Å². The average molecular weight is 247 g/mol. The highest BCUT2D eigenvalue weighted by Crippen LogP contribution is 2.26. The summed E-state index contributed by atoms with van der Waals surface area (Å²) in [6.45, 7) is 0. The zero-order valence-electron chi connectivity index (χ0n) is 8.99. The van der Waals surface area contributed by atoms with Gasteiger partial charge in [0.15, 0.2) is 11.2 Å². The molecule has 0 saturated carbocycles. The molecule has 17 heavy (non-hydrogen) atoms. The van der Waals surface area contributed by atoms with Gasteiger partial charge in [-0.25, -0.2) is 9.97 Å². The third-order valence-electron chi connectivity index (χ3n) is 2.39. The van der Waals surface area contributed by atoms with Gasteiger partial charge in [0.2, 0.25) is 11.8 Å². The second-order valence-corrected chi connectivity index (χ2v) is 4.12. The van der Waals surface area contributed by atoms with Crippen molar-refractivity contribution in [2.75, 3.05) is 12.8 Å². The van der Waals surface area contributed by atoms with Crippen LogP contribution in [0.2, 0.25) is 0 Å². The van der Waals surface area contributed by atoms with E-state index in [4.69, 9.17) is 10.5 Å². The Bertz CT molecular complexity index is 661. The number of rotatable bonds is 2. The molecule has 6 nitrogen and oxygen atoms in total. The van der Waals surface area contributed by atoms with Crippen molar-refractivity contribution in [1.29, 1.82) is 0 Å². The number of nitrogen functional groups attached to an aromatic ring is 1. The van der Waals surface area contributed by atoms with Crippen molar-refractivity contribution in [2.45, 2.75) is 0 Å². The molecule has 0 aliphatic rings. The first-order valence-corrected chi connectivity index (χ1v) is 5.81. The smallest absolute Gasteiger partial charge is 0.245 e. The lowest BCUT2D eigenvalue weighted by Crippen LogP contribution is -2.00. The van der Waals surface area contributed by atoms with Gasteiger partial charge in [0, 0.05) is 5.38 Å². The average Bonchev–Trinajstić information content (AvgIpc) is 2.93. The second kappa shape index (κ2) is 3.70. The predicted octanol–water partition coefficient (Wildman–Crippen LogP) is 1.47. The number of hydrogen-bond donors (Lipinski definition) is 1. The summed E-state index contributed by atoms with van der Waals surface area (Å²) in [5.41, 5.74) is 8.06. The van der Waals surface area contributed by atoms with E-state index < -0.39 is 0 Å². The van der Waals surface area contributed by atoms with Crippen molar-refractivity contribution >= 4 is 28.4 Å². The van der Waals surface area contributed by atoms with Crippen LogP contribution in [0.1, 0.15) is 0 Å². The standard InChI is InChI=1S/C10H9N5OS/c1-16-9-7-8(12-5-13-9)15(10(11)14-7)6-2-3-17-4-6/h2-5H,1H3,(H2,11,14). The summed E-state index contributed by atoms with van der Waals surface area (Å²) in [6.07, 6.45) is 1.44. The van der Waals surface area contributed by atoms with Crippen LogP contribution in [-0.4, -0.2) is 26.6 Å². The van der Waals surface area contributed by atoms with E-state index in [-0.39, 0.29) is 0 Å². The number of anilines is 1. The Hall–Kier alpha value is -2.15. The number of aromatic nitrogens is 4. The lowest BCUT2D eigenvalue weighted by Gasteiger charge is -2.02. The van der Waals surface area contributed by atoms with Gasteiger partial charge in [0.05, 0.1) is 12.8 Å². The molecule has 0 saturated heterocycles. The van der Waals surface area contributed by atoms with Crippen LogP contribution in [0.3, 0.4) is 0 Å². The van der Waals surface area contributed by atoms with Gasteiger partial charge < -0.3 is 10.5 Å². The van der Waals surface area contributed by atoms with Gasteiger partial charge in [-0.1, -0.05) is 0 Å². The van der Waals surface area contributed by atoms with Crippen molar-refractivity contribution in [3.63, 3.8) is 0 Å². The van der Waals surface area contributed by atoms with Crippen LogP contribution in [0.15, 0.2) is 23.2 Å². The molecule has 3 heterocycles. The number of nitrogens with zero attached hydrogens (tertiary/aromatic N) is 4. The van der Waals surface area contributed by atoms with Crippen LogP contribution in [-0.2, 0) is 0 Å². The molecule has 3 aromatic heterocycles. The van der Waals surface area contributed by atoms with Gasteiger partial charge in [-0.2, -0.15) is 16.3 Å². The van der Waals surface area contributed by atoms with Crippen molar-refractivity contribution in [1.82, 2.24) is 19.5 Å². The third kappa shape index (κ3) is 1.43. The minimum absolute atomic E-state index is 0.372. The molecule has 0 aliphatic heterocycles. The molecule has 0 bridgehead atoms. The molecular formula is C10H9N5OS. The minimum atomic E-state index is 0.372. The highest BCUT2D eigenvalue weighted by Gasteiger charge is 2.15. The van der Waals surface area contributed by atoms with E-state index in [1.54, 1.807) is 23.0 Å². The first-order chi connectivity index (χ1) is 8.31. The lowest BCUT2D eigenvalue weighted by atomic mass is 10.5. The highest BCUT2D eigenvalue weighted by molar-refractivity contribution is 7.08. The molecule has 3 aromatic rings. The zero-order chi connectivity index (χ0) is 11.8. The Morgan fingerprint density at radius 3 is 3.00 bits per heavy atom. The maximum Gasteiger partial charge on any atom is 0.245 e. The van der Waals surface area contributed by atoms with Crippen LogP contribution in [0.4, 0.5) is 5.95 Å². The molecule has 3 rings (SSSR count). The fraction of sp³-hybridized carbons (Fsp3) is 0.100. The van der Waals surface area contributed by atoms with E-state index in [0.717, 1.165) is 5.69 Å². The molecule has 0 aliphatic carbocycles. The van der Waals surface area contributed by atoms with E-state index in [1.807, 2.05) is 16.8 Å². The molecule has 0 aromatic carbocycles. The molecule has 0 radical (unpaired) electrons. The summed E-state index contributed by atoms with van der Waals surface area (Å²) in [5, 5.41) is 3.95. The van der Waals surface area contributed by atoms with E-state index in [2.05, 4.69) is 15.0 Å². The maximum absolute atomic E-state index is 5.90. The first-order valence-electron chi connectivity index (χ1n) is 4.86. The summed E-state index contributed by atoms with van der Waals surface area (Å²) in [6, 6.07) is 1.96. The van der Waals surface area contributed by atoms with E-state index in [0.29, 0.717) is 23.0 Å². The summed E-state index contributed by atoms with van der Waals surface area (Å²) in [5.74, 6) is 0.799. The number of thiophene rings is 1. The number of nitrogens with two attached hydrogens (primary N) is 1. The SMILES string of the molecule is COc1ncnc2c1nc(N)n2-c1ccsc1. The highest BCUT2D eigenvalue weighted by atomic mass is 32.1. The molecule has 0 atom stereocenters. The van der Waals surface area contributed by atoms with Crippen LogP contribution < -0.4 is 10.5 Å².